The van der Waals surface area contributed by atoms with E-state index in [9.17, 15) is 9.90 Å². The summed E-state index contributed by atoms with van der Waals surface area (Å²) in [6, 6.07) is 3.73. The van der Waals surface area contributed by atoms with Gasteiger partial charge in [-0.25, -0.2) is 4.79 Å². The van der Waals surface area contributed by atoms with Crippen LogP contribution in [-0.4, -0.2) is 64.7 Å². The molecule has 0 aromatic carbocycles. The van der Waals surface area contributed by atoms with Gasteiger partial charge in [-0.2, -0.15) is 0 Å². The fourth-order valence-corrected chi connectivity index (χ4v) is 2.43. The quantitative estimate of drug-likeness (QED) is 0.862. The van der Waals surface area contributed by atoms with Crippen LogP contribution < -0.4 is 5.32 Å². The van der Waals surface area contributed by atoms with E-state index in [2.05, 4.69) is 22.1 Å². The molecule has 0 bridgehead atoms. The minimum Gasteiger partial charge on any atom is -0.395 e. The Morgan fingerprint density at radius 2 is 2.20 bits per heavy atom. The topological polar surface area (TPSA) is 68.7 Å². The highest BCUT2D eigenvalue weighted by atomic mass is 16.3. The Morgan fingerprint density at radius 3 is 2.75 bits per heavy atom. The molecule has 1 aromatic heterocycles. The van der Waals surface area contributed by atoms with Gasteiger partial charge in [0.05, 0.1) is 18.5 Å². The summed E-state index contributed by atoms with van der Waals surface area (Å²) in [6.45, 7) is 5.23. The standard InChI is InChI=1S/C14H22N4O2/c1-2-13(11-19)17-6-8-18(9-7-17)14(20)16-12-4-3-5-15-10-12/h3-5,10,13,19H,2,6-9,11H2,1H3,(H,16,20)/t13-/m0/s1. The van der Waals surface area contributed by atoms with Gasteiger partial charge in [0.15, 0.2) is 0 Å². The number of nitrogens with one attached hydrogen (secondary N) is 1. The van der Waals surface area contributed by atoms with E-state index in [0.717, 1.165) is 19.5 Å². The lowest BCUT2D eigenvalue weighted by atomic mass is 10.2. The Balaban J connectivity index is 1.83. The molecule has 6 nitrogen and oxygen atoms in total. The Labute approximate surface area is 119 Å². The molecule has 0 aliphatic carbocycles. The van der Waals surface area contributed by atoms with Crippen molar-refractivity contribution >= 4 is 11.7 Å². The first-order chi connectivity index (χ1) is 9.74. The van der Waals surface area contributed by atoms with Crippen molar-refractivity contribution < 1.29 is 9.90 Å². The van der Waals surface area contributed by atoms with Crippen molar-refractivity contribution in [1.82, 2.24) is 14.8 Å². The number of aliphatic hydroxyl groups is 1. The SMILES string of the molecule is CC[C@@H](CO)N1CCN(C(=O)Nc2cccnc2)CC1. The van der Waals surface area contributed by atoms with Gasteiger partial charge in [0.1, 0.15) is 0 Å². The van der Waals surface area contributed by atoms with Crippen LogP contribution in [0.5, 0.6) is 0 Å². The van der Waals surface area contributed by atoms with Gasteiger partial charge in [0.2, 0.25) is 0 Å². The molecule has 2 N–H and O–H groups in total. The summed E-state index contributed by atoms with van der Waals surface area (Å²) in [4.78, 5) is 20.1. The van der Waals surface area contributed by atoms with Gasteiger partial charge in [-0.1, -0.05) is 6.92 Å². The number of rotatable bonds is 4. The Bertz CT molecular complexity index is 414. The molecular weight excluding hydrogens is 256 g/mol. The average Bonchev–Trinajstić information content (AvgIpc) is 2.50. The minimum absolute atomic E-state index is 0.0882. The highest BCUT2D eigenvalue weighted by Crippen LogP contribution is 2.11. The Kier molecular flexibility index (Phi) is 5.31. The van der Waals surface area contributed by atoms with E-state index >= 15 is 0 Å². The maximum absolute atomic E-state index is 12.1. The van der Waals surface area contributed by atoms with Crippen molar-refractivity contribution in [1.29, 1.82) is 0 Å². The van der Waals surface area contributed by atoms with Crippen LogP contribution in [0.3, 0.4) is 0 Å². The summed E-state index contributed by atoms with van der Waals surface area (Å²) in [5.74, 6) is 0. The molecule has 2 heterocycles. The Hall–Kier alpha value is -1.66. The Morgan fingerprint density at radius 1 is 1.45 bits per heavy atom. The minimum atomic E-state index is -0.0882. The van der Waals surface area contributed by atoms with E-state index in [1.54, 1.807) is 23.4 Å². The van der Waals surface area contributed by atoms with Crippen LogP contribution in [0, 0.1) is 0 Å². The van der Waals surface area contributed by atoms with E-state index in [1.807, 2.05) is 6.07 Å². The third-order valence-corrected chi connectivity index (χ3v) is 3.71. The number of hydrogen-bond acceptors (Lipinski definition) is 4. The third-order valence-electron chi connectivity index (χ3n) is 3.71. The molecule has 0 unspecified atom stereocenters. The lowest BCUT2D eigenvalue weighted by Crippen LogP contribution is -2.53. The molecule has 20 heavy (non-hydrogen) atoms. The predicted octanol–water partition coefficient (Wildman–Crippen LogP) is 1.00. The molecule has 1 aromatic rings. The van der Waals surface area contributed by atoms with Gasteiger partial charge < -0.3 is 15.3 Å². The van der Waals surface area contributed by atoms with E-state index in [0.29, 0.717) is 18.8 Å². The summed E-state index contributed by atoms with van der Waals surface area (Å²) >= 11 is 0. The van der Waals surface area contributed by atoms with Crippen LogP contribution in [0.25, 0.3) is 0 Å². The van der Waals surface area contributed by atoms with Crippen molar-refractivity contribution in [2.24, 2.45) is 0 Å². The lowest BCUT2D eigenvalue weighted by Gasteiger charge is -2.38. The van der Waals surface area contributed by atoms with Crippen molar-refractivity contribution in [3.05, 3.63) is 24.5 Å². The number of nitrogens with zero attached hydrogens (tertiary/aromatic N) is 3. The van der Waals surface area contributed by atoms with Crippen LogP contribution in [0.2, 0.25) is 0 Å². The van der Waals surface area contributed by atoms with Crippen molar-refractivity contribution in [3.63, 3.8) is 0 Å². The number of aromatic nitrogens is 1. The lowest BCUT2D eigenvalue weighted by molar-refractivity contribution is 0.0766. The van der Waals surface area contributed by atoms with E-state index in [1.165, 1.54) is 0 Å². The molecule has 2 amide bonds. The van der Waals surface area contributed by atoms with Gasteiger partial charge in [-0.3, -0.25) is 9.88 Å². The zero-order valence-electron chi connectivity index (χ0n) is 11.8. The molecule has 1 aliphatic rings. The monoisotopic (exact) mass is 278 g/mol. The summed E-state index contributed by atoms with van der Waals surface area (Å²) in [5.41, 5.74) is 0.710. The molecule has 2 rings (SSSR count). The molecule has 1 atom stereocenters. The first kappa shape index (κ1) is 14.7. The second kappa shape index (κ2) is 7.21. The van der Waals surface area contributed by atoms with Gasteiger partial charge >= 0.3 is 6.03 Å². The number of amides is 2. The van der Waals surface area contributed by atoms with Crippen LogP contribution in [0.15, 0.2) is 24.5 Å². The fourth-order valence-electron chi connectivity index (χ4n) is 2.43. The average molecular weight is 278 g/mol. The number of hydrogen-bond donors (Lipinski definition) is 2. The number of piperazine rings is 1. The summed E-state index contributed by atoms with van der Waals surface area (Å²) in [6.07, 6.45) is 4.24. The van der Waals surface area contributed by atoms with Crippen LogP contribution in [0.4, 0.5) is 10.5 Å². The fraction of sp³-hybridized carbons (Fsp3) is 0.571. The molecule has 1 aliphatic heterocycles. The normalized spacial score (nSPS) is 17.8. The number of aliphatic hydroxyl groups excluding tert-OH is 1. The summed E-state index contributed by atoms with van der Waals surface area (Å²) in [5, 5.41) is 12.1. The predicted molar refractivity (Wildman–Crippen MR) is 77.6 cm³/mol. The molecule has 0 spiro atoms. The second-order valence-corrected chi connectivity index (χ2v) is 4.94. The molecule has 1 fully saturated rings. The first-order valence-electron chi connectivity index (χ1n) is 7.05. The van der Waals surface area contributed by atoms with E-state index in [4.69, 9.17) is 0 Å². The second-order valence-electron chi connectivity index (χ2n) is 4.94. The van der Waals surface area contributed by atoms with E-state index < -0.39 is 0 Å². The maximum Gasteiger partial charge on any atom is 0.321 e. The molecular formula is C14H22N4O2. The number of urea groups is 1. The van der Waals surface area contributed by atoms with E-state index in [-0.39, 0.29) is 18.7 Å². The number of carbonyl (C=O) groups excluding carboxylic acids is 1. The van der Waals surface area contributed by atoms with Crippen molar-refractivity contribution in [3.8, 4) is 0 Å². The number of anilines is 1. The molecule has 0 radical (unpaired) electrons. The molecule has 0 saturated carbocycles. The van der Waals surface area contributed by atoms with Crippen LogP contribution >= 0.6 is 0 Å². The van der Waals surface area contributed by atoms with Crippen molar-refractivity contribution in [2.45, 2.75) is 19.4 Å². The summed E-state index contributed by atoms with van der Waals surface area (Å²) in [7, 11) is 0. The zero-order chi connectivity index (χ0) is 14.4. The molecule has 6 heteroatoms. The van der Waals surface area contributed by atoms with Crippen LogP contribution in [-0.2, 0) is 0 Å². The first-order valence-corrected chi connectivity index (χ1v) is 7.05. The molecule has 1 saturated heterocycles. The van der Waals surface area contributed by atoms with Crippen LogP contribution in [0.1, 0.15) is 13.3 Å². The highest BCUT2D eigenvalue weighted by Gasteiger charge is 2.24. The van der Waals surface area contributed by atoms with Gasteiger partial charge in [-0.05, 0) is 18.6 Å². The maximum atomic E-state index is 12.1. The summed E-state index contributed by atoms with van der Waals surface area (Å²) < 4.78 is 0. The molecule has 110 valence electrons. The van der Waals surface area contributed by atoms with Crippen molar-refractivity contribution in [2.75, 3.05) is 38.1 Å². The number of carbonyl (C=O) groups is 1. The smallest absolute Gasteiger partial charge is 0.321 e. The zero-order valence-corrected chi connectivity index (χ0v) is 11.8. The van der Waals surface area contributed by atoms with Gasteiger partial charge in [0.25, 0.3) is 0 Å². The van der Waals surface area contributed by atoms with Gasteiger partial charge in [-0.15, -0.1) is 0 Å². The van der Waals surface area contributed by atoms with Gasteiger partial charge in [0, 0.05) is 38.4 Å². The largest absolute Gasteiger partial charge is 0.395 e. The third kappa shape index (κ3) is 3.68. The number of pyridine rings is 1. The highest BCUT2D eigenvalue weighted by molar-refractivity contribution is 5.89.